The van der Waals surface area contributed by atoms with E-state index in [0.717, 1.165) is 19.3 Å². The average Bonchev–Trinajstić information content (AvgIpc) is 2.82. The van der Waals surface area contributed by atoms with Gasteiger partial charge >= 0.3 is 5.97 Å². The van der Waals surface area contributed by atoms with Crippen molar-refractivity contribution < 1.29 is 14.1 Å². The third-order valence-corrected chi connectivity index (χ3v) is 5.08. The summed E-state index contributed by atoms with van der Waals surface area (Å²) in [6.45, 7) is 3.98. The zero-order valence-corrected chi connectivity index (χ0v) is 9.60. The van der Waals surface area contributed by atoms with Crippen molar-refractivity contribution in [2.75, 3.05) is 5.75 Å². The van der Waals surface area contributed by atoms with Gasteiger partial charge in [-0.25, -0.2) is 0 Å². The van der Waals surface area contributed by atoms with Crippen LogP contribution in [-0.4, -0.2) is 26.3 Å². The Morgan fingerprint density at radius 2 is 2.14 bits per heavy atom. The molecule has 1 fully saturated rings. The van der Waals surface area contributed by atoms with E-state index < -0.39 is 16.8 Å². The molecule has 0 radical (unpaired) electrons. The topological polar surface area (TPSA) is 54.4 Å². The second-order valence-electron chi connectivity index (χ2n) is 4.31. The molecule has 0 amide bonds. The minimum Gasteiger partial charge on any atom is -0.481 e. The summed E-state index contributed by atoms with van der Waals surface area (Å²) in [5.41, 5.74) is -0.125. The predicted molar refractivity (Wildman–Crippen MR) is 56.7 cm³/mol. The summed E-state index contributed by atoms with van der Waals surface area (Å²) in [7, 11) is -0.851. The lowest BCUT2D eigenvalue weighted by Gasteiger charge is -2.15. The molecule has 2 atom stereocenters. The normalized spacial score (nSPS) is 22.7. The van der Waals surface area contributed by atoms with Crippen molar-refractivity contribution >= 4 is 16.8 Å². The number of hydrogen-bond donors (Lipinski definition) is 1. The zero-order chi connectivity index (χ0) is 10.8. The molecule has 1 saturated carbocycles. The van der Waals surface area contributed by atoms with Crippen molar-refractivity contribution in [3.05, 3.63) is 0 Å². The highest BCUT2D eigenvalue weighted by Crippen LogP contribution is 2.49. The molecule has 0 aromatic heterocycles. The molecule has 2 unspecified atom stereocenters. The summed E-state index contributed by atoms with van der Waals surface area (Å²) in [6.07, 6.45) is 2.95. The van der Waals surface area contributed by atoms with Crippen LogP contribution in [-0.2, 0) is 15.6 Å². The molecular weight excluding hydrogens is 200 g/mol. The first-order valence-corrected chi connectivity index (χ1v) is 6.46. The summed E-state index contributed by atoms with van der Waals surface area (Å²) in [5.74, 6) is -0.183. The molecule has 0 saturated heterocycles. The molecular formula is C10H18O3S. The van der Waals surface area contributed by atoms with Crippen LogP contribution < -0.4 is 0 Å². The van der Waals surface area contributed by atoms with Crippen molar-refractivity contribution in [2.24, 2.45) is 5.41 Å². The summed E-state index contributed by atoms with van der Waals surface area (Å²) < 4.78 is 11.7. The van der Waals surface area contributed by atoms with Crippen LogP contribution in [0.1, 0.15) is 39.5 Å². The molecule has 82 valence electrons. The molecule has 0 aliphatic heterocycles. The first kappa shape index (κ1) is 11.7. The fraction of sp³-hybridized carbons (Fsp3) is 0.900. The molecule has 1 aliphatic carbocycles. The second kappa shape index (κ2) is 4.43. The molecule has 4 heteroatoms. The Morgan fingerprint density at radius 1 is 1.57 bits per heavy atom. The molecule has 0 heterocycles. The van der Waals surface area contributed by atoms with Gasteiger partial charge in [-0.2, -0.15) is 0 Å². The molecule has 0 aromatic rings. The fourth-order valence-electron chi connectivity index (χ4n) is 1.50. The number of rotatable bonds is 6. The van der Waals surface area contributed by atoms with Gasteiger partial charge < -0.3 is 5.11 Å². The minimum absolute atomic E-state index is 0.125. The van der Waals surface area contributed by atoms with Gasteiger partial charge in [0.1, 0.15) is 0 Å². The highest BCUT2D eigenvalue weighted by molar-refractivity contribution is 7.85. The van der Waals surface area contributed by atoms with Gasteiger partial charge in [-0.3, -0.25) is 9.00 Å². The van der Waals surface area contributed by atoms with Crippen LogP contribution in [0.2, 0.25) is 0 Å². The van der Waals surface area contributed by atoms with Gasteiger partial charge in [0.25, 0.3) is 0 Å². The Hall–Kier alpha value is -0.380. The van der Waals surface area contributed by atoms with Gasteiger partial charge in [0.2, 0.25) is 0 Å². The van der Waals surface area contributed by atoms with Crippen LogP contribution in [0.4, 0.5) is 0 Å². The van der Waals surface area contributed by atoms with Crippen molar-refractivity contribution in [1.82, 2.24) is 0 Å². The lowest BCUT2D eigenvalue weighted by Crippen LogP contribution is -2.22. The van der Waals surface area contributed by atoms with Crippen molar-refractivity contribution in [2.45, 2.75) is 44.8 Å². The van der Waals surface area contributed by atoms with Crippen LogP contribution in [0.5, 0.6) is 0 Å². The molecule has 3 nitrogen and oxygen atoms in total. The van der Waals surface area contributed by atoms with Crippen molar-refractivity contribution in [3.63, 3.8) is 0 Å². The third-order valence-electron chi connectivity index (χ3n) is 2.96. The van der Waals surface area contributed by atoms with Crippen LogP contribution in [0.15, 0.2) is 0 Å². The Bertz CT molecular complexity index is 246. The van der Waals surface area contributed by atoms with Crippen LogP contribution >= 0.6 is 0 Å². The molecule has 14 heavy (non-hydrogen) atoms. The largest absolute Gasteiger partial charge is 0.481 e. The number of carboxylic acids is 1. The van der Waals surface area contributed by atoms with E-state index in [2.05, 4.69) is 0 Å². The van der Waals surface area contributed by atoms with Crippen LogP contribution in [0.25, 0.3) is 0 Å². The van der Waals surface area contributed by atoms with E-state index in [1.54, 1.807) is 0 Å². The smallest absolute Gasteiger partial charge is 0.303 e. The zero-order valence-electron chi connectivity index (χ0n) is 8.78. The van der Waals surface area contributed by atoms with E-state index in [1.165, 1.54) is 0 Å². The van der Waals surface area contributed by atoms with Gasteiger partial charge in [-0.05, 0) is 24.7 Å². The van der Waals surface area contributed by atoms with E-state index in [4.69, 9.17) is 5.11 Å². The number of carboxylic acid groups (broad SMARTS) is 1. The summed E-state index contributed by atoms with van der Waals surface area (Å²) in [6, 6.07) is 0. The molecule has 0 aromatic carbocycles. The summed E-state index contributed by atoms with van der Waals surface area (Å²) >= 11 is 0. The Balaban J connectivity index is 2.43. The molecule has 1 N–H and O–H groups in total. The minimum atomic E-state index is -0.851. The standard InChI is InChI=1S/C10H18O3S/c1-3-8(2)14(13)7-10(4-5-10)6-9(11)12/h8H,3-7H2,1-2H3,(H,11,12). The maximum Gasteiger partial charge on any atom is 0.303 e. The highest BCUT2D eigenvalue weighted by Gasteiger charge is 2.45. The molecule has 1 aliphatic rings. The molecule has 0 bridgehead atoms. The average molecular weight is 218 g/mol. The van der Waals surface area contributed by atoms with Gasteiger partial charge in [-0.1, -0.05) is 13.8 Å². The first-order chi connectivity index (χ1) is 6.49. The SMILES string of the molecule is CCC(C)S(=O)CC1(CC(=O)O)CC1. The maximum atomic E-state index is 11.7. The fourth-order valence-corrected chi connectivity index (χ4v) is 3.15. The van der Waals surface area contributed by atoms with E-state index in [-0.39, 0.29) is 17.1 Å². The first-order valence-electron chi connectivity index (χ1n) is 5.08. The van der Waals surface area contributed by atoms with Gasteiger partial charge in [0, 0.05) is 21.8 Å². The van der Waals surface area contributed by atoms with Crippen LogP contribution in [0, 0.1) is 5.41 Å². The number of hydrogen-bond acceptors (Lipinski definition) is 2. The Labute approximate surface area is 87.3 Å². The van der Waals surface area contributed by atoms with Crippen molar-refractivity contribution in [1.29, 1.82) is 0 Å². The summed E-state index contributed by atoms with van der Waals surface area (Å²) in [4.78, 5) is 10.6. The van der Waals surface area contributed by atoms with Crippen molar-refractivity contribution in [3.8, 4) is 0 Å². The second-order valence-corrected chi connectivity index (χ2v) is 6.17. The van der Waals surface area contributed by atoms with Gasteiger partial charge in [0.15, 0.2) is 0 Å². The van der Waals surface area contributed by atoms with Gasteiger partial charge in [-0.15, -0.1) is 0 Å². The predicted octanol–water partition coefficient (Wildman–Crippen LogP) is 1.79. The maximum absolute atomic E-state index is 11.7. The van der Waals surface area contributed by atoms with E-state index in [9.17, 15) is 9.00 Å². The lowest BCUT2D eigenvalue weighted by atomic mass is 10.1. The Kier molecular flexibility index (Phi) is 3.70. The molecule has 0 spiro atoms. The summed E-state index contributed by atoms with van der Waals surface area (Å²) in [5, 5.41) is 8.89. The van der Waals surface area contributed by atoms with Gasteiger partial charge in [0.05, 0.1) is 6.42 Å². The highest BCUT2D eigenvalue weighted by atomic mass is 32.2. The van der Waals surface area contributed by atoms with E-state index >= 15 is 0 Å². The quantitative estimate of drug-likeness (QED) is 0.739. The number of carbonyl (C=O) groups is 1. The lowest BCUT2D eigenvalue weighted by molar-refractivity contribution is -0.138. The van der Waals surface area contributed by atoms with E-state index in [0.29, 0.717) is 5.75 Å². The third kappa shape index (κ3) is 3.08. The van der Waals surface area contributed by atoms with Crippen LogP contribution in [0.3, 0.4) is 0 Å². The number of aliphatic carboxylic acids is 1. The molecule has 1 rings (SSSR count). The Morgan fingerprint density at radius 3 is 2.50 bits per heavy atom. The monoisotopic (exact) mass is 218 g/mol. The van der Waals surface area contributed by atoms with E-state index in [1.807, 2.05) is 13.8 Å².